The summed E-state index contributed by atoms with van der Waals surface area (Å²) in [5.74, 6) is -1.71. The summed E-state index contributed by atoms with van der Waals surface area (Å²) in [6.07, 6.45) is 9.09. The Hall–Kier alpha value is -4.64. The molecule has 2 aliphatic carbocycles. The summed E-state index contributed by atoms with van der Waals surface area (Å²) in [5.41, 5.74) is 2.14. The minimum absolute atomic E-state index is 0.0500. The number of aliphatic hydroxyl groups is 1. The topological polar surface area (TPSA) is 208 Å². The number of imide groups is 2. The number of ether oxygens (including phenoxy) is 5. The first-order chi connectivity index (χ1) is 28.5. The van der Waals surface area contributed by atoms with Crippen LogP contribution in [0.25, 0.3) is 0 Å². The highest BCUT2D eigenvalue weighted by Gasteiger charge is 2.46. The molecule has 4 N–H and O–H groups in total. The Labute approximate surface area is 344 Å². The Morgan fingerprint density at radius 2 is 1.66 bits per heavy atom. The maximum Gasteiger partial charge on any atom is 0.407 e. The lowest BCUT2D eigenvalue weighted by atomic mass is 9.65. The number of carbonyl (C=O) groups excluding carboxylic acids is 6. The van der Waals surface area contributed by atoms with Gasteiger partial charge in [0.2, 0.25) is 11.8 Å². The molecule has 16 heteroatoms. The Bertz CT molecular complexity index is 1760. The van der Waals surface area contributed by atoms with E-state index in [0.29, 0.717) is 84.1 Å². The van der Waals surface area contributed by atoms with Gasteiger partial charge in [0, 0.05) is 50.8 Å². The van der Waals surface area contributed by atoms with Gasteiger partial charge >= 0.3 is 12.1 Å². The van der Waals surface area contributed by atoms with Gasteiger partial charge in [0.25, 0.3) is 11.8 Å². The molecule has 2 fully saturated rings. The molecule has 8 unspecified atom stereocenters. The van der Waals surface area contributed by atoms with Gasteiger partial charge in [-0.1, -0.05) is 38.1 Å². The number of esters is 1. The highest BCUT2D eigenvalue weighted by atomic mass is 16.6. The molecule has 0 aromatic heterocycles. The van der Waals surface area contributed by atoms with Gasteiger partial charge < -0.3 is 39.4 Å². The fourth-order valence-electron chi connectivity index (χ4n) is 8.78. The molecular formula is C43H58N4O12. The van der Waals surface area contributed by atoms with E-state index >= 15 is 0 Å². The molecule has 59 heavy (non-hydrogen) atoms. The second-order valence-corrected chi connectivity index (χ2v) is 16.1. The third-order valence-electron chi connectivity index (χ3n) is 11.6. The van der Waals surface area contributed by atoms with Gasteiger partial charge in [-0.15, -0.1) is 0 Å². The predicted molar refractivity (Wildman–Crippen MR) is 213 cm³/mol. The lowest BCUT2D eigenvalue weighted by Gasteiger charge is -2.43. The van der Waals surface area contributed by atoms with Crippen LogP contribution in [0.3, 0.4) is 0 Å². The number of hydrogen-bond donors (Lipinski definition) is 4. The Kier molecular flexibility index (Phi) is 15.7. The molecule has 8 atom stereocenters. The van der Waals surface area contributed by atoms with E-state index in [1.807, 2.05) is 0 Å². The first kappa shape index (κ1) is 43.9. The van der Waals surface area contributed by atoms with Crippen LogP contribution >= 0.6 is 0 Å². The largest absolute Gasteiger partial charge is 0.462 e. The number of nitrogens with one attached hydrogen (secondary N) is 3. The van der Waals surface area contributed by atoms with Crippen LogP contribution in [0.5, 0.6) is 0 Å². The van der Waals surface area contributed by atoms with E-state index in [0.717, 1.165) is 17.7 Å². The maximum atomic E-state index is 13.2. The number of anilines is 1. The fourth-order valence-corrected chi connectivity index (χ4v) is 8.78. The van der Waals surface area contributed by atoms with Crippen LogP contribution in [-0.2, 0) is 38.1 Å². The number of hydrogen-bond acceptors (Lipinski definition) is 13. The third kappa shape index (κ3) is 11.6. The van der Waals surface area contributed by atoms with E-state index in [9.17, 15) is 33.9 Å². The van der Waals surface area contributed by atoms with E-state index in [-0.39, 0.29) is 72.2 Å². The van der Waals surface area contributed by atoms with Crippen LogP contribution in [0.1, 0.15) is 92.4 Å². The molecule has 1 aromatic rings. The average Bonchev–Trinajstić information content (AvgIpc) is 3.44. The zero-order valence-corrected chi connectivity index (χ0v) is 34.0. The number of benzene rings is 1. The molecule has 0 saturated carbocycles. The number of allylic oxidation sites excluding steroid dienone is 3. The minimum atomic E-state index is -1.01. The van der Waals surface area contributed by atoms with Crippen molar-refractivity contribution in [2.24, 2.45) is 23.7 Å². The number of carbonyl (C=O) groups is 6. The molecule has 3 aliphatic heterocycles. The molecule has 0 bridgehead atoms. The molecule has 6 rings (SSSR count). The molecule has 3 heterocycles. The average molecular weight is 823 g/mol. The number of aliphatic hydroxyl groups excluding tert-OH is 1. The standard InChI is InChI=1S/C43H58N4O12/c1-26-22-28-9-8-27(2)31(11-10-30-24-29(48)25-37(50)58-30)38(28)35(23-26)59-43(54)45-15-5-17-56-19-21-57-20-18-55-16-4-14-44-33-7-3-6-32-39(33)42(53)47(41(32)52)34-12-13-36(49)46-40(34)51/h3,6-9,22,26-27,29-31,34-35,38,44,48H,4-5,10-21,23-25H2,1-2H3,(H,45,54)(H,46,49,51). The van der Waals surface area contributed by atoms with Crippen LogP contribution in [-0.4, -0.2) is 123 Å². The number of piperidine rings is 1. The molecule has 5 aliphatic rings. The van der Waals surface area contributed by atoms with Crippen LogP contribution in [0.4, 0.5) is 10.5 Å². The van der Waals surface area contributed by atoms with Gasteiger partial charge in [0.15, 0.2) is 0 Å². The van der Waals surface area contributed by atoms with Crippen molar-refractivity contribution in [2.45, 2.75) is 96.0 Å². The molecular weight excluding hydrogens is 764 g/mol. The molecule has 5 amide bonds. The summed E-state index contributed by atoms with van der Waals surface area (Å²) >= 11 is 0. The van der Waals surface area contributed by atoms with E-state index in [1.165, 1.54) is 5.57 Å². The molecule has 1 aromatic carbocycles. The first-order valence-electron chi connectivity index (χ1n) is 21.0. The molecule has 2 saturated heterocycles. The van der Waals surface area contributed by atoms with Crippen molar-refractivity contribution >= 4 is 41.4 Å². The number of rotatable bonds is 20. The van der Waals surface area contributed by atoms with Gasteiger partial charge in [0.1, 0.15) is 18.2 Å². The Morgan fingerprint density at radius 3 is 2.39 bits per heavy atom. The molecule has 0 radical (unpaired) electrons. The number of alkyl carbamates (subject to hydrolysis) is 1. The quantitative estimate of drug-likeness (QED) is 0.0843. The van der Waals surface area contributed by atoms with Crippen molar-refractivity contribution in [1.82, 2.24) is 15.5 Å². The van der Waals surface area contributed by atoms with E-state index in [1.54, 1.807) is 18.2 Å². The summed E-state index contributed by atoms with van der Waals surface area (Å²) in [6, 6.07) is 3.94. The number of cyclic esters (lactones) is 1. The van der Waals surface area contributed by atoms with Crippen LogP contribution in [0, 0.1) is 23.7 Å². The van der Waals surface area contributed by atoms with Crippen LogP contribution < -0.4 is 16.0 Å². The second-order valence-electron chi connectivity index (χ2n) is 16.1. The van der Waals surface area contributed by atoms with Crippen molar-refractivity contribution in [1.29, 1.82) is 0 Å². The first-order valence-corrected chi connectivity index (χ1v) is 21.0. The normalized spacial score (nSPS) is 27.7. The lowest BCUT2D eigenvalue weighted by molar-refractivity contribution is -0.160. The van der Waals surface area contributed by atoms with E-state index in [4.69, 9.17) is 23.7 Å². The van der Waals surface area contributed by atoms with Crippen molar-refractivity contribution in [3.63, 3.8) is 0 Å². The summed E-state index contributed by atoms with van der Waals surface area (Å²) < 4.78 is 28.5. The monoisotopic (exact) mass is 822 g/mol. The number of nitrogens with zero attached hydrogens (tertiary/aromatic N) is 1. The summed E-state index contributed by atoms with van der Waals surface area (Å²) in [6.45, 7) is 7.71. The van der Waals surface area contributed by atoms with Crippen molar-refractivity contribution in [2.75, 3.05) is 58.0 Å². The Balaban J connectivity index is 0.792. The molecule has 322 valence electrons. The smallest absolute Gasteiger partial charge is 0.407 e. The number of amides is 5. The Morgan fingerprint density at radius 1 is 0.932 bits per heavy atom. The molecule has 0 spiro atoms. The van der Waals surface area contributed by atoms with Gasteiger partial charge in [-0.05, 0) is 74.0 Å². The number of fused-ring (bicyclic) bond motifs is 2. The lowest BCUT2D eigenvalue weighted by Crippen LogP contribution is -2.54. The third-order valence-corrected chi connectivity index (χ3v) is 11.6. The predicted octanol–water partition coefficient (Wildman–Crippen LogP) is 3.68. The van der Waals surface area contributed by atoms with Crippen LogP contribution in [0.2, 0.25) is 0 Å². The zero-order chi connectivity index (χ0) is 41.9. The van der Waals surface area contributed by atoms with E-state index < -0.39 is 41.9 Å². The van der Waals surface area contributed by atoms with Crippen molar-refractivity contribution in [3.8, 4) is 0 Å². The maximum absolute atomic E-state index is 13.2. The van der Waals surface area contributed by atoms with Crippen molar-refractivity contribution in [3.05, 3.63) is 53.1 Å². The van der Waals surface area contributed by atoms with Gasteiger partial charge in [0.05, 0.1) is 50.1 Å². The molecule has 16 nitrogen and oxygen atoms in total. The van der Waals surface area contributed by atoms with Crippen molar-refractivity contribution < 1.29 is 57.6 Å². The summed E-state index contributed by atoms with van der Waals surface area (Å²) in [7, 11) is 0. The minimum Gasteiger partial charge on any atom is -0.462 e. The fraction of sp³-hybridized carbons (Fsp3) is 0.628. The highest BCUT2D eigenvalue weighted by molar-refractivity contribution is 6.25. The second kappa shape index (κ2) is 21.1. The zero-order valence-electron chi connectivity index (χ0n) is 34.0. The summed E-state index contributed by atoms with van der Waals surface area (Å²) in [4.78, 5) is 75.9. The van der Waals surface area contributed by atoms with Crippen LogP contribution in [0.15, 0.2) is 42.0 Å². The van der Waals surface area contributed by atoms with E-state index in [2.05, 4.69) is 48.0 Å². The van der Waals surface area contributed by atoms with Gasteiger partial charge in [-0.3, -0.25) is 34.2 Å². The van der Waals surface area contributed by atoms with Gasteiger partial charge in [-0.2, -0.15) is 0 Å². The van der Waals surface area contributed by atoms with Gasteiger partial charge in [-0.25, -0.2) is 4.79 Å². The highest BCUT2D eigenvalue weighted by Crippen LogP contribution is 2.45. The summed E-state index contributed by atoms with van der Waals surface area (Å²) in [5, 5.41) is 18.3. The SMILES string of the molecule is CC1C=C2C=CC(C)C(CCC3CC(O)CC(=O)O3)C2C(OC(=O)NCCCOCCOCCOCCCNc2cccc3c2C(=O)N(C2CCC(=O)NC2=O)C3=O)C1.